The summed E-state index contributed by atoms with van der Waals surface area (Å²) in [6.45, 7) is 5.64. The molecule has 33 heavy (non-hydrogen) atoms. The van der Waals surface area contributed by atoms with Crippen molar-refractivity contribution in [2.45, 2.75) is 59.4 Å². The number of aliphatic hydroxyl groups excluding tert-OH is 2. The van der Waals surface area contributed by atoms with Crippen LogP contribution in [0.3, 0.4) is 0 Å². The largest absolute Gasteiger partial charge is 0.391 e. The van der Waals surface area contributed by atoms with Gasteiger partial charge in [-0.05, 0) is 49.2 Å². The molecule has 2 rings (SSSR count). The zero-order valence-electron chi connectivity index (χ0n) is 18.0. The average Bonchev–Trinajstić information content (AvgIpc) is 2.69. The molecule has 0 bridgehead atoms. The maximum atomic E-state index is 13.0. The van der Waals surface area contributed by atoms with Gasteiger partial charge in [0.2, 0.25) is 11.8 Å². The lowest BCUT2D eigenvalue weighted by molar-refractivity contribution is -0.121. The zero-order chi connectivity index (χ0) is 24.6. The Labute approximate surface area is 190 Å². The van der Waals surface area contributed by atoms with Crippen molar-refractivity contribution in [3.05, 3.63) is 70.8 Å². The second-order valence-corrected chi connectivity index (χ2v) is 7.20. The first-order valence-corrected chi connectivity index (χ1v) is 9.63. The smallest absolute Gasteiger partial charge is 0.217 e. The number of halogens is 4. The standard InChI is InChI=1S/2C11H13F2NO2.CH4/c1-6(15)11(14-7(2)16)8-3-4-9(12)10(13)5-8;1-6(14-7(2)15)11(16)8-3-4-9(12)10(13)5-8;/h3-6,11,15H,1-2H3,(H,14,16);3-6,11,16H,1-2H3,(H,14,15);1H4. The Kier molecular flexibility index (Phi) is 12.3. The topological polar surface area (TPSA) is 98.7 Å². The molecule has 10 heteroatoms. The molecule has 4 unspecified atom stereocenters. The Hall–Kier alpha value is -2.98. The van der Waals surface area contributed by atoms with Crippen LogP contribution < -0.4 is 10.6 Å². The van der Waals surface area contributed by atoms with Gasteiger partial charge in [-0.3, -0.25) is 9.59 Å². The van der Waals surface area contributed by atoms with Crippen LogP contribution in [0.4, 0.5) is 17.6 Å². The van der Waals surface area contributed by atoms with Gasteiger partial charge in [-0.25, -0.2) is 17.6 Å². The van der Waals surface area contributed by atoms with Crippen LogP contribution >= 0.6 is 0 Å². The quantitative estimate of drug-likeness (QED) is 0.480. The molecule has 0 aliphatic rings. The van der Waals surface area contributed by atoms with Crippen LogP contribution in [0.1, 0.15) is 58.4 Å². The first-order valence-electron chi connectivity index (χ1n) is 9.63. The summed E-state index contributed by atoms with van der Waals surface area (Å²) >= 11 is 0. The fraction of sp³-hybridized carbons (Fsp3) is 0.391. The Balaban J connectivity index is 0.000000602. The highest BCUT2D eigenvalue weighted by atomic mass is 19.2. The monoisotopic (exact) mass is 474 g/mol. The fourth-order valence-corrected chi connectivity index (χ4v) is 2.79. The van der Waals surface area contributed by atoms with E-state index in [1.54, 1.807) is 6.92 Å². The van der Waals surface area contributed by atoms with E-state index in [4.69, 9.17) is 0 Å². The second kappa shape index (κ2) is 13.5. The van der Waals surface area contributed by atoms with Gasteiger partial charge in [0.15, 0.2) is 23.3 Å². The van der Waals surface area contributed by atoms with Gasteiger partial charge in [0, 0.05) is 13.8 Å². The summed E-state index contributed by atoms with van der Waals surface area (Å²) in [4.78, 5) is 21.6. The van der Waals surface area contributed by atoms with Crippen LogP contribution in [0.15, 0.2) is 36.4 Å². The van der Waals surface area contributed by atoms with Crippen LogP contribution in [-0.4, -0.2) is 34.2 Å². The van der Waals surface area contributed by atoms with Crippen LogP contribution in [0.5, 0.6) is 0 Å². The number of hydrogen-bond donors (Lipinski definition) is 4. The summed E-state index contributed by atoms with van der Waals surface area (Å²) < 4.78 is 51.2. The van der Waals surface area contributed by atoms with E-state index in [1.807, 2.05) is 0 Å². The summed E-state index contributed by atoms with van der Waals surface area (Å²) in [5, 5.41) is 24.1. The third-order valence-corrected chi connectivity index (χ3v) is 4.33. The van der Waals surface area contributed by atoms with E-state index >= 15 is 0 Å². The van der Waals surface area contributed by atoms with Crippen LogP contribution in [-0.2, 0) is 9.59 Å². The van der Waals surface area contributed by atoms with Gasteiger partial charge in [-0.1, -0.05) is 19.6 Å². The third-order valence-electron chi connectivity index (χ3n) is 4.33. The molecule has 6 nitrogen and oxygen atoms in total. The lowest BCUT2D eigenvalue weighted by Crippen LogP contribution is -2.35. The molecule has 184 valence electrons. The highest BCUT2D eigenvalue weighted by Crippen LogP contribution is 2.20. The molecule has 0 aromatic heterocycles. The van der Waals surface area contributed by atoms with Crippen molar-refractivity contribution in [1.82, 2.24) is 10.6 Å². The molecule has 2 aromatic rings. The first-order chi connectivity index (χ1) is 14.8. The Bertz CT molecular complexity index is 941. The molecule has 0 aliphatic carbocycles. The van der Waals surface area contributed by atoms with E-state index in [0.29, 0.717) is 5.56 Å². The molecule has 0 saturated heterocycles. The van der Waals surface area contributed by atoms with Crippen molar-refractivity contribution in [3.8, 4) is 0 Å². The molecule has 2 aromatic carbocycles. The minimum Gasteiger partial charge on any atom is -0.391 e. The van der Waals surface area contributed by atoms with Crippen molar-refractivity contribution in [2.24, 2.45) is 0 Å². The molecule has 0 aliphatic heterocycles. The van der Waals surface area contributed by atoms with Gasteiger partial charge in [0.05, 0.1) is 24.3 Å². The molecule has 4 N–H and O–H groups in total. The highest BCUT2D eigenvalue weighted by molar-refractivity contribution is 5.73. The number of rotatable bonds is 6. The number of amides is 2. The second-order valence-electron chi connectivity index (χ2n) is 7.20. The van der Waals surface area contributed by atoms with E-state index in [0.717, 1.165) is 24.3 Å². The molecule has 0 spiro atoms. The molecule has 0 fully saturated rings. The van der Waals surface area contributed by atoms with Crippen molar-refractivity contribution >= 4 is 11.8 Å². The molecule has 0 heterocycles. The van der Waals surface area contributed by atoms with E-state index < -0.39 is 47.6 Å². The molecular formula is C23H30F4N2O4. The van der Waals surface area contributed by atoms with Gasteiger partial charge in [0.1, 0.15) is 0 Å². The van der Waals surface area contributed by atoms with E-state index in [-0.39, 0.29) is 24.8 Å². The summed E-state index contributed by atoms with van der Waals surface area (Å²) in [6.07, 6.45) is -1.97. The van der Waals surface area contributed by atoms with Crippen LogP contribution in [0.25, 0.3) is 0 Å². The summed E-state index contributed by atoms with van der Waals surface area (Å²) in [7, 11) is 0. The summed E-state index contributed by atoms with van der Waals surface area (Å²) in [5.74, 6) is -4.61. The Morgan fingerprint density at radius 1 is 0.758 bits per heavy atom. The van der Waals surface area contributed by atoms with Gasteiger partial charge < -0.3 is 20.8 Å². The van der Waals surface area contributed by atoms with E-state index in [2.05, 4.69) is 10.6 Å². The molecule has 4 atom stereocenters. The van der Waals surface area contributed by atoms with Crippen LogP contribution in [0, 0.1) is 23.3 Å². The highest BCUT2D eigenvalue weighted by Gasteiger charge is 2.20. The van der Waals surface area contributed by atoms with Gasteiger partial charge in [0.25, 0.3) is 0 Å². The molecule has 0 saturated carbocycles. The number of hydrogen-bond acceptors (Lipinski definition) is 4. The predicted octanol–water partition coefficient (Wildman–Crippen LogP) is 3.68. The van der Waals surface area contributed by atoms with Gasteiger partial charge in [-0.15, -0.1) is 0 Å². The fourth-order valence-electron chi connectivity index (χ4n) is 2.79. The maximum absolute atomic E-state index is 13.0. The number of aliphatic hydroxyl groups is 2. The number of nitrogens with one attached hydrogen (secondary N) is 2. The average molecular weight is 474 g/mol. The summed E-state index contributed by atoms with van der Waals surface area (Å²) in [6, 6.07) is 5.07. The summed E-state index contributed by atoms with van der Waals surface area (Å²) in [5.41, 5.74) is 0.546. The van der Waals surface area contributed by atoms with Crippen molar-refractivity contribution in [2.75, 3.05) is 0 Å². The predicted molar refractivity (Wildman–Crippen MR) is 116 cm³/mol. The van der Waals surface area contributed by atoms with Crippen molar-refractivity contribution in [1.29, 1.82) is 0 Å². The Morgan fingerprint density at radius 3 is 1.58 bits per heavy atom. The Morgan fingerprint density at radius 2 is 1.18 bits per heavy atom. The first kappa shape index (κ1) is 30.0. The lowest BCUT2D eigenvalue weighted by atomic mass is 10.0. The molecule has 2 amide bonds. The van der Waals surface area contributed by atoms with E-state index in [1.165, 1.54) is 32.9 Å². The SMILES string of the molecule is C.CC(=O)NC(C)C(O)c1ccc(F)c(F)c1.CC(=O)NC(c1ccc(F)c(F)c1)C(C)O. The number of carbonyl (C=O) groups is 2. The minimum atomic E-state index is -1.07. The van der Waals surface area contributed by atoms with Crippen LogP contribution in [0.2, 0.25) is 0 Å². The molecular weight excluding hydrogens is 444 g/mol. The van der Waals surface area contributed by atoms with E-state index in [9.17, 15) is 37.4 Å². The normalized spacial score (nSPS) is 13.9. The number of benzene rings is 2. The lowest BCUT2D eigenvalue weighted by Gasteiger charge is -2.21. The third kappa shape index (κ3) is 9.58. The molecule has 0 radical (unpaired) electrons. The zero-order valence-corrected chi connectivity index (χ0v) is 18.0. The number of carbonyl (C=O) groups excluding carboxylic acids is 2. The van der Waals surface area contributed by atoms with Crippen molar-refractivity contribution in [3.63, 3.8) is 0 Å². The maximum Gasteiger partial charge on any atom is 0.217 e. The van der Waals surface area contributed by atoms with Gasteiger partial charge in [-0.2, -0.15) is 0 Å². The van der Waals surface area contributed by atoms with Crippen molar-refractivity contribution < 1.29 is 37.4 Å². The van der Waals surface area contributed by atoms with Gasteiger partial charge >= 0.3 is 0 Å². The minimum absolute atomic E-state index is 0.